The van der Waals surface area contributed by atoms with Crippen LogP contribution in [0.15, 0.2) is 33.7 Å². The summed E-state index contributed by atoms with van der Waals surface area (Å²) in [6.07, 6.45) is 2.19. The maximum Gasteiger partial charge on any atom is 0.243 e. The molecule has 1 aliphatic carbocycles. The van der Waals surface area contributed by atoms with Gasteiger partial charge in [0, 0.05) is 24.6 Å². The monoisotopic (exact) mass is 347 g/mol. The second-order valence-electron chi connectivity index (χ2n) is 6.37. The molecule has 2 aliphatic rings. The summed E-state index contributed by atoms with van der Waals surface area (Å²) in [7, 11) is -3.61. The standard InChI is InChI=1S/C16H17N3O4S/c1-10(20)12-3-2-4-14(7-12)24(21,22)19-8-13(9-19)16-17-15(18-23-16)11-5-6-11/h2-4,7,11,13H,5-6,8-9H2,1H3. The lowest BCUT2D eigenvalue weighted by Crippen LogP contribution is -2.48. The van der Waals surface area contributed by atoms with Crippen LogP contribution in [0.1, 0.15) is 53.7 Å². The molecule has 1 aromatic heterocycles. The quantitative estimate of drug-likeness (QED) is 0.767. The molecule has 2 aromatic rings. The van der Waals surface area contributed by atoms with E-state index in [0.29, 0.717) is 30.5 Å². The van der Waals surface area contributed by atoms with Crippen molar-refractivity contribution in [2.75, 3.05) is 13.1 Å². The summed E-state index contributed by atoms with van der Waals surface area (Å²) in [4.78, 5) is 16.0. The van der Waals surface area contributed by atoms with Crippen molar-refractivity contribution >= 4 is 15.8 Å². The predicted molar refractivity (Wildman–Crippen MR) is 84.2 cm³/mol. The molecule has 8 heteroatoms. The van der Waals surface area contributed by atoms with Crippen molar-refractivity contribution in [3.63, 3.8) is 0 Å². The third-order valence-electron chi connectivity index (χ3n) is 4.48. The lowest BCUT2D eigenvalue weighted by molar-refractivity contribution is 0.101. The average Bonchev–Trinajstić information content (AvgIpc) is 3.25. The van der Waals surface area contributed by atoms with E-state index in [1.54, 1.807) is 12.1 Å². The zero-order valence-electron chi connectivity index (χ0n) is 13.2. The Balaban J connectivity index is 1.48. The Morgan fingerprint density at radius 3 is 2.67 bits per heavy atom. The number of hydrogen-bond acceptors (Lipinski definition) is 6. The van der Waals surface area contributed by atoms with Gasteiger partial charge in [-0.2, -0.15) is 9.29 Å². The first-order chi connectivity index (χ1) is 11.4. The van der Waals surface area contributed by atoms with Gasteiger partial charge in [-0.25, -0.2) is 8.42 Å². The van der Waals surface area contributed by atoms with E-state index in [-0.39, 0.29) is 16.6 Å². The summed E-state index contributed by atoms with van der Waals surface area (Å²) in [5.41, 5.74) is 0.388. The summed E-state index contributed by atoms with van der Waals surface area (Å²) in [5, 5.41) is 3.97. The fourth-order valence-electron chi connectivity index (χ4n) is 2.74. The van der Waals surface area contributed by atoms with Crippen molar-refractivity contribution in [3.8, 4) is 0 Å². The molecule has 0 spiro atoms. The molecule has 4 rings (SSSR count). The molecule has 7 nitrogen and oxygen atoms in total. The molecule has 1 aromatic carbocycles. The first-order valence-electron chi connectivity index (χ1n) is 7.90. The van der Waals surface area contributed by atoms with Gasteiger partial charge in [0.1, 0.15) is 0 Å². The Bertz CT molecular complexity index is 896. The van der Waals surface area contributed by atoms with E-state index in [1.807, 2.05) is 0 Å². The van der Waals surface area contributed by atoms with Gasteiger partial charge in [0.2, 0.25) is 15.9 Å². The Hall–Kier alpha value is -2.06. The maximum absolute atomic E-state index is 12.6. The third kappa shape index (κ3) is 2.65. The van der Waals surface area contributed by atoms with Crippen molar-refractivity contribution in [1.29, 1.82) is 0 Å². The largest absolute Gasteiger partial charge is 0.339 e. The molecular formula is C16H17N3O4S. The highest BCUT2D eigenvalue weighted by Crippen LogP contribution is 2.39. The van der Waals surface area contributed by atoms with E-state index in [1.165, 1.54) is 23.4 Å². The molecule has 1 saturated heterocycles. The Kier molecular flexibility index (Phi) is 3.54. The van der Waals surface area contributed by atoms with Crippen molar-refractivity contribution < 1.29 is 17.7 Å². The topological polar surface area (TPSA) is 93.4 Å². The molecule has 1 saturated carbocycles. The summed E-state index contributed by atoms with van der Waals surface area (Å²) in [5.74, 6) is 1.45. The number of benzene rings is 1. The predicted octanol–water partition coefficient (Wildman–Crippen LogP) is 1.94. The Morgan fingerprint density at radius 2 is 2.00 bits per heavy atom. The number of aromatic nitrogens is 2. The third-order valence-corrected chi connectivity index (χ3v) is 6.30. The highest BCUT2D eigenvalue weighted by Gasteiger charge is 2.41. The summed E-state index contributed by atoms with van der Waals surface area (Å²) in [6, 6.07) is 6.12. The minimum Gasteiger partial charge on any atom is -0.339 e. The second-order valence-corrected chi connectivity index (χ2v) is 8.31. The number of rotatable bonds is 5. The fraction of sp³-hybridized carbons (Fsp3) is 0.438. The Morgan fingerprint density at radius 1 is 1.25 bits per heavy atom. The smallest absolute Gasteiger partial charge is 0.243 e. The molecule has 0 bridgehead atoms. The van der Waals surface area contributed by atoms with Crippen molar-refractivity contribution in [3.05, 3.63) is 41.5 Å². The molecule has 0 amide bonds. The van der Waals surface area contributed by atoms with Crippen LogP contribution in [0, 0.1) is 0 Å². The van der Waals surface area contributed by atoms with Crippen LogP contribution in [0.3, 0.4) is 0 Å². The maximum atomic E-state index is 12.6. The number of nitrogens with zero attached hydrogens (tertiary/aromatic N) is 3. The Labute approximate surface area is 139 Å². The molecule has 126 valence electrons. The number of ketones is 1. The molecule has 0 N–H and O–H groups in total. The van der Waals surface area contributed by atoms with E-state index in [0.717, 1.165) is 18.7 Å². The van der Waals surface area contributed by atoms with Crippen molar-refractivity contribution in [2.24, 2.45) is 0 Å². The van der Waals surface area contributed by atoms with Crippen LogP contribution >= 0.6 is 0 Å². The summed E-state index contributed by atoms with van der Waals surface area (Å²) < 4.78 is 31.9. The number of carbonyl (C=O) groups is 1. The number of carbonyl (C=O) groups excluding carboxylic acids is 1. The van der Waals surface area contributed by atoms with E-state index >= 15 is 0 Å². The van der Waals surface area contributed by atoms with E-state index in [4.69, 9.17) is 4.52 Å². The zero-order chi connectivity index (χ0) is 16.9. The van der Waals surface area contributed by atoms with Gasteiger partial charge in [-0.05, 0) is 31.9 Å². The van der Waals surface area contributed by atoms with Crippen LogP contribution in [0.25, 0.3) is 0 Å². The highest BCUT2D eigenvalue weighted by molar-refractivity contribution is 7.89. The summed E-state index contributed by atoms with van der Waals surface area (Å²) in [6.45, 7) is 2.05. The number of hydrogen-bond donors (Lipinski definition) is 0. The number of sulfonamides is 1. The van der Waals surface area contributed by atoms with Crippen LogP contribution in [0.2, 0.25) is 0 Å². The van der Waals surface area contributed by atoms with Gasteiger partial charge in [-0.1, -0.05) is 17.3 Å². The van der Waals surface area contributed by atoms with E-state index in [2.05, 4.69) is 10.1 Å². The molecule has 0 radical (unpaired) electrons. The molecule has 24 heavy (non-hydrogen) atoms. The zero-order valence-corrected chi connectivity index (χ0v) is 14.0. The fourth-order valence-corrected chi connectivity index (χ4v) is 4.31. The first-order valence-corrected chi connectivity index (χ1v) is 9.34. The minimum absolute atomic E-state index is 0.0595. The minimum atomic E-state index is -3.61. The van der Waals surface area contributed by atoms with Crippen LogP contribution in [-0.2, 0) is 10.0 Å². The molecule has 2 heterocycles. The van der Waals surface area contributed by atoms with Gasteiger partial charge in [0.15, 0.2) is 11.6 Å². The van der Waals surface area contributed by atoms with Crippen molar-refractivity contribution in [2.45, 2.75) is 36.5 Å². The molecule has 0 unspecified atom stereocenters. The van der Waals surface area contributed by atoms with E-state index in [9.17, 15) is 13.2 Å². The molecule has 2 fully saturated rings. The molecule has 1 aliphatic heterocycles. The van der Waals surface area contributed by atoms with Gasteiger partial charge >= 0.3 is 0 Å². The average molecular weight is 347 g/mol. The van der Waals surface area contributed by atoms with Gasteiger partial charge in [0.25, 0.3) is 0 Å². The van der Waals surface area contributed by atoms with Crippen LogP contribution < -0.4 is 0 Å². The SMILES string of the molecule is CC(=O)c1cccc(S(=O)(=O)N2CC(c3nc(C4CC4)no3)C2)c1. The van der Waals surface area contributed by atoms with Crippen LogP contribution in [0.5, 0.6) is 0 Å². The van der Waals surface area contributed by atoms with Crippen LogP contribution in [-0.4, -0.2) is 41.7 Å². The van der Waals surface area contributed by atoms with Crippen LogP contribution in [0.4, 0.5) is 0 Å². The second kappa shape index (κ2) is 5.49. The lowest BCUT2D eigenvalue weighted by atomic mass is 10.0. The lowest BCUT2D eigenvalue weighted by Gasteiger charge is -2.35. The van der Waals surface area contributed by atoms with E-state index < -0.39 is 10.0 Å². The first kappa shape index (κ1) is 15.5. The van der Waals surface area contributed by atoms with Gasteiger partial charge < -0.3 is 4.52 Å². The van der Waals surface area contributed by atoms with Gasteiger partial charge in [-0.15, -0.1) is 0 Å². The number of Topliss-reactive ketones (excluding diaryl/α,β-unsaturated/α-hetero) is 1. The normalized spacial score (nSPS) is 19.2. The van der Waals surface area contributed by atoms with Gasteiger partial charge in [0.05, 0.1) is 10.8 Å². The van der Waals surface area contributed by atoms with Crippen molar-refractivity contribution in [1.82, 2.24) is 14.4 Å². The van der Waals surface area contributed by atoms with Gasteiger partial charge in [-0.3, -0.25) is 4.79 Å². The molecule has 0 atom stereocenters. The highest BCUT2D eigenvalue weighted by atomic mass is 32.2. The summed E-state index contributed by atoms with van der Waals surface area (Å²) >= 11 is 0. The molecular weight excluding hydrogens is 330 g/mol.